The lowest BCUT2D eigenvalue weighted by Crippen LogP contribution is -2.06. The van der Waals surface area contributed by atoms with Crippen LogP contribution in [-0.4, -0.2) is 55.3 Å². The van der Waals surface area contributed by atoms with Crippen molar-refractivity contribution in [3.63, 3.8) is 0 Å². The number of nitrogen functional groups attached to an aromatic ring is 1. The predicted octanol–water partition coefficient (Wildman–Crippen LogP) is 7.64. The van der Waals surface area contributed by atoms with E-state index in [0.29, 0.717) is 47.4 Å². The van der Waals surface area contributed by atoms with Gasteiger partial charge in [-0.15, -0.1) is 29.1 Å². The molecule has 302 valence electrons. The largest absolute Gasteiger partial charge is 0.505 e. The maximum Gasteiger partial charge on any atom is 0.433 e. The van der Waals surface area contributed by atoms with Gasteiger partial charge in [-0.3, -0.25) is 9.44 Å². The van der Waals surface area contributed by atoms with Crippen molar-refractivity contribution in [3.8, 4) is 22.9 Å². The number of thioether (sulfide) groups is 1. The van der Waals surface area contributed by atoms with Gasteiger partial charge >= 0.3 is 10.4 Å². The predicted molar refractivity (Wildman–Crippen MR) is 202 cm³/mol. The molecule has 4 rings (SSSR count). The highest BCUT2D eigenvalue weighted by atomic mass is 32.3. The van der Waals surface area contributed by atoms with Crippen molar-refractivity contribution in [1.82, 2.24) is 0 Å². The first kappa shape index (κ1) is 46.1. The molecule has 0 bridgehead atoms. The number of anilines is 1. The first-order valence-corrected chi connectivity index (χ1v) is 20.3. The summed E-state index contributed by atoms with van der Waals surface area (Å²) in [5.74, 6) is -0.284. The lowest BCUT2D eigenvalue weighted by atomic mass is 10.1. The molecule has 0 unspecified atom stereocenters. The minimum absolute atomic E-state index is 0. The number of phenols is 1. The van der Waals surface area contributed by atoms with Crippen LogP contribution in [0.3, 0.4) is 0 Å². The number of aryl methyl sites for hydroxylation is 1. The lowest BCUT2D eigenvalue weighted by molar-refractivity contribution is -0.432. The number of azo groups is 2. The number of ether oxygens (including phenoxy) is 1. The van der Waals surface area contributed by atoms with Crippen molar-refractivity contribution in [1.29, 1.82) is 0 Å². The van der Waals surface area contributed by atoms with Gasteiger partial charge in [0.15, 0.2) is 21.7 Å². The van der Waals surface area contributed by atoms with Gasteiger partial charge in [0.05, 0.1) is 57.3 Å². The Kier molecular flexibility index (Phi) is 17.5. The van der Waals surface area contributed by atoms with E-state index < -0.39 is 26.0 Å². The summed E-state index contributed by atoms with van der Waals surface area (Å²) in [4.78, 5) is 4.81. The second-order valence-electron chi connectivity index (χ2n) is 10.5. The summed E-state index contributed by atoms with van der Waals surface area (Å²) >= 11 is 1.85. The molecular weight excluding hydrogens is 847 g/mol. The zero-order valence-corrected chi connectivity index (χ0v) is 33.0. The molecule has 4 aromatic rings. The summed E-state index contributed by atoms with van der Waals surface area (Å²) < 4.78 is 73.6. The first-order valence-electron chi connectivity index (χ1n) is 15.0. The molecule has 0 amide bonds. The molecule has 4 aromatic carbocycles. The lowest BCUT2D eigenvalue weighted by Gasteiger charge is -2.12. The van der Waals surface area contributed by atoms with E-state index in [1.807, 2.05) is 13.0 Å². The van der Waals surface area contributed by atoms with Crippen LogP contribution in [0.5, 0.6) is 11.5 Å². The Bertz CT molecular complexity index is 2370. The fourth-order valence-corrected chi connectivity index (χ4v) is 7.66. The van der Waals surface area contributed by atoms with Gasteiger partial charge in [-0.25, -0.2) is 18.9 Å². The van der Waals surface area contributed by atoms with Crippen LogP contribution < -0.4 is 10.5 Å². The summed E-state index contributed by atoms with van der Waals surface area (Å²) in [6.07, 6.45) is 3.06. The van der Waals surface area contributed by atoms with Crippen molar-refractivity contribution in [3.05, 3.63) is 54.1 Å². The zero-order valence-electron chi connectivity index (χ0n) is 28.9. The van der Waals surface area contributed by atoms with Gasteiger partial charge in [-0.1, -0.05) is 23.4 Å². The summed E-state index contributed by atoms with van der Waals surface area (Å²) in [6.45, 7) is 3.57. The molecule has 0 atom stereocenters. The van der Waals surface area contributed by atoms with Crippen LogP contribution in [-0.2, 0) is 48.2 Å². The van der Waals surface area contributed by atoms with Crippen molar-refractivity contribution in [2.75, 3.05) is 18.6 Å². The van der Waals surface area contributed by atoms with Crippen molar-refractivity contribution < 1.29 is 75.2 Å². The maximum absolute atomic E-state index is 12.8. The van der Waals surface area contributed by atoms with Gasteiger partial charge in [-0.2, -0.15) is 8.42 Å². The van der Waals surface area contributed by atoms with E-state index in [4.69, 9.17) is 25.5 Å². The molecule has 0 aliphatic carbocycles. The Morgan fingerprint density at radius 3 is 2.18 bits per heavy atom. The molecule has 0 aromatic heterocycles. The molecule has 0 saturated carbocycles. The fourth-order valence-electron chi connectivity index (χ4n) is 4.45. The van der Waals surface area contributed by atoms with Crippen LogP contribution in [0.1, 0.15) is 25.3 Å². The quantitative estimate of drug-likeness (QED) is 0.00936. The SMILES string of the molecule is CCCCS(=O)(=O)c1ccc(N=Nc2c(N)ccc3c(O)c(N=Nc4cc(C)c(SC#COOS(=O)(=O)O)cc4OC)c(SOOO)cc23)c(SOOO)c1.O. The maximum atomic E-state index is 12.8. The van der Waals surface area contributed by atoms with E-state index in [-0.39, 0.29) is 70.9 Å². The monoisotopic (exact) mass is 877 g/mol. The number of fused-ring (bicyclic) bond motifs is 1. The minimum atomic E-state index is -4.84. The number of nitrogens with two attached hydrogens (primary N) is 1. The molecule has 0 aliphatic rings. The number of benzene rings is 4. The molecule has 0 aliphatic heterocycles. The Morgan fingerprint density at radius 2 is 1.52 bits per heavy atom. The van der Waals surface area contributed by atoms with Gasteiger partial charge in [0.25, 0.3) is 0 Å². The number of phenolic OH excluding ortho intramolecular Hbond substituents is 1. The molecule has 0 heterocycles. The van der Waals surface area contributed by atoms with E-state index in [1.54, 1.807) is 19.1 Å². The van der Waals surface area contributed by atoms with Crippen LogP contribution in [0.4, 0.5) is 28.4 Å². The highest BCUT2D eigenvalue weighted by Crippen LogP contribution is 2.48. The number of rotatable bonds is 18. The number of hydrogen-bond acceptors (Lipinski definition) is 22. The standard InChI is InChI=1S/C30H29N5O15S5.H2O/c1-4-5-12-54(39,40)18-6-9-22(26(14-18)52-48-46-37)32-34-28-20-15-27(53-49-47-38)29(30(36)19(20)7-8-21(28)31)35-33-23-13-17(2)25(16-24(23)44-3)51-11-10-45-50-55(41,42)43;/h6-9,13-16,36-38H,4-5,12,31H2,1-3H3,(H,41,42,43);1H2. The van der Waals surface area contributed by atoms with Crippen LogP contribution in [0.25, 0.3) is 10.8 Å². The smallest absolute Gasteiger partial charge is 0.433 e. The second-order valence-corrected chi connectivity index (χ2v) is 15.9. The molecule has 56 heavy (non-hydrogen) atoms. The molecule has 0 spiro atoms. The van der Waals surface area contributed by atoms with E-state index in [9.17, 15) is 21.9 Å². The highest BCUT2D eigenvalue weighted by molar-refractivity contribution is 8.04. The Labute approximate surface area is 331 Å². The summed E-state index contributed by atoms with van der Waals surface area (Å²) in [5.41, 5.74) is 7.24. The molecule has 0 fully saturated rings. The third kappa shape index (κ3) is 12.3. The highest BCUT2D eigenvalue weighted by Gasteiger charge is 2.20. The Hall–Kier alpha value is -4.31. The Morgan fingerprint density at radius 1 is 0.839 bits per heavy atom. The van der Waals surface area contributed by atoms with E-state index in [2.05, 4.69) is 53.7 Å². The van der Waals surface area contributed by atoms with Crippen molar-refractivity contribution in [2.24, 2.45) is 20.5 Å². The average molecular weight is 878 g/mol. The number of aromatic hydroxyl groups is 1. The van der Waals surface area contributed by atoms with Gasteiger partial charge in [-0.05, 0) is 83.5 Å². The van der Waals surface area contributed by atoms with E-state index in [0.717, 1.165) is 11.8 Å². The normalized spacial score (nSPS) is 11.8. The molecule has 0 radical (unpaired) electrons. The van der Waals surface area contributed by atoms with Crippen LogP contribution in [0.15, 0.2) is 88.6 Å². The number of unbranched alkanes of at least 4 members (excludes halogenated alkanes) is 1. The molecule has 26 heteroatoms. The van der Waals surface area contributed by atoms with E-state index >= 15 is 0 Å². The van der Waals surface area contributed by atoms with Gasteiger partial charge in [0, 0.05) is 20.9 Å². The first-order chi connectivity index (χ1) is 26.2. The van der Waals surface area contributed by atoms with Crippen molar-refractivity contribution in [2.45, 2.75) is 46.3 Å². The van der Waals surface area contributed by atoms with Gasteiger partial charge < -0.3 is 21.1 Å². The average Bonchev–Trinajstić information content (AvgIpc) is 3.14. The number of hydrogen-bond donors (Lipinski definition) is 5. The molecule has 8 N–H and O–H groups in total. The van der Waals surface area contributed by atoms with Crippen LogP contribution >= 0.6 is 35.8 Å². The summed E-state index contributed by atoms with van der Waals surface area (Å²) in [7, 11) is -7.12. The van der Waals surface area contributed by atoms with Gasteiger partial charge in [0.1, 0.15) is 28.5 Å². The number of sulfone groups is 1. The third-order valence-electron chi connectivity index (χ3n) is 6.96. The second kappa shape index (κ2) is 21.3. The number of nitrogens with zero attached hydrogens (tertiary/aromatic N) is 4. The fraction of sp³-hybridized carbons (Fsp3) is 0.200. The van der Waals surface area contributed by atoms with Crippen molar-refractivity contribution >= 4 is 95.3 Å². The van der Waals surface area contributed by atoms with Crippen LogP contribution in [0.2, 0.25) is 0 Å². The summed E-state index contributed by atoms with van der Waals surface area (Å²) in [6, 6.07) is 11.5. The zero-order chi connectivity index (χ0) is 40.2. The Balaban J connectivity index is 0.00000841. The summed E-state index contributed by atoms with van der Waals surface area (Å²) in [5, 5.41) is 56.4. The van der Waals surface area contributed by atoms with Gasteiger partial charge in [0.2, 0.25) is 0 Å². The molecular formula is C30H31N5O16S5. The molecule has 21 nitrogen and oxygen atoms in total. The van der Waals surface area contributed by atoms with Crippen LogP contribution in [0, 0.1) is 18.3 Å². The minimum Gasteiger partial charge on any atom is -0.505 e. The third-order valence-corrected chi connectivity index (χ3v) is 11.1. The number of methoxy groups -OCH3 is 1. The van der Waals surface area contributed by atoms with E-state index in [1.165, 1.54) is 43.5 Å². The molecule has 0 saturated heterocycles. The topological polar surface area (TPSA) is 321 Å².